The molecule has 0 N–H and O–H groups in total. The molecule has 4 aromatic carbocycles. The van der Waals surface area contributed by atoms with Gasteiger partial charge in [-0.25, -0.2) is 19.6 Å². The van der Waals surface area contributed by atoms with Crippen LogP contribution in [-0.4, -0.2) is 108 Å². The van der Waals surface area contributed by atoms with Gasteiger partial charge in [-0.05, 0) is 153 Å². The molecule has 0 aliphatic carbocycles. The van der Waals surface area contributed by atoms with Crippen LogP contribution in [0.5, 0.6) is 11.5 Å². The summed E-state index contributed by atoms with van der Waals surface area (Å²) < 4.78 is 108. The number of rotatable bonds is 20. The Bertz CT molecular complexity index is 3830. The molecular formula is C65H84F4N8O10Si2. The van der Waals surface area contributed by atoms with Gasteiger partial charge in [0.05, 0.1) is 56.4 Å². The van der Waals surface area contributed by atoms with Crippen LogP contribution < -0.4 is 9.47 Å². The van der Waals surface area contributed by atoms with Crippen LogP contribution in [0.15, 0.2) is 73.1 Å². The summed E-state index contributed by atoms with van der Waals surface area (Å²) in [6.45, 7) is 26.0. The molecule has 0 radical (unpaired) electrons. The molecule has 4 aromatic heterocycles. The predicted molar refractivity (Wildman–Crippen MR) is 341 cm³/mol. The number of aryl methyl sites for hydroxylation is 2. The number of hydrogen-bond donors (Lipinski definition) is 0. The average molecular weight is 1270 g/mol. The molecular weight excluding hydrogens is 1180 g/mol. The second kappa shape index (κ2) is 27.3. The molecule has 2 unspecified atom stereocenters. The Morgan fingerprint density at radius 1 is 0.573 bits per heavy atom. The summed E-state index contributed by atoms with van der Waals surface area (Å²) in [7, 11) is 0.156. The second-order valence-electron chi connectivity index (χ2n) is 26.3. The van der Waals surface area contributed by atoms with Crippen LogP contribution in [0.4, 0.5) is 27.2 Å². The minimum Gasteiger partial charge on any atom is -0.443 e. The number of aromatic nitrogens is 6. The molecule has 24 heteroatoms. The molecule has 8 rings (SSSR count). The van der Waals surface area contributed by atoms with E-state index in [9.17, 15) is 37.7 Å². The number of ether oxygens (including phenoxy) is 8. The standard InChI is InChI=1S/2C32H40F2N4O5Si.CH4/c1-20-16-25(42-29(33)34)26(22-12-13-37(27(20)22)30(39)43-31(2,3)4)32(5,40-6)28-36-23-17-21(18-35)10-11-24(23)38(28)19-41-14-15-44(7,8)9;1-20-16-25(42-29(33)34)26(22-12-13-37(27(20)22)30(39)43-31(2,3)4)32(5,40-6)28-36-23-11-10-21(18-35)17-24(23)38(28)19-41-14-15-44(7,8)9;/h2*10-13,16-17,29H,14-15,19H2,1-9H3;1H4. The van der Waals surface area contributed by atoms with E-state index in [4.69, 9.17) is 47.9 Å². The first-order valence-electron chi connectivity index (χ1n) is 28.7. The van der Waals surface area contributed by atoms with E-state index in [-0.39, 0.29) is 43.5 Å². The van der Waals surface area contributed by atoms with Crippen LogP contribution in [-0.2, 0) is 53.1 Å². The Hall–Kier alpha value is -7.59. The first kappa shape index (κ1) is 70.5. The Balaban J connectivity index is 0.000000281. The molecule has 0 saturated heterocycles. The maximum Gasteiger partial charge on any atom is 0.419 e. The van der Waals surface area contributed by atoms with E-state index in [1.165, 1.54) is 35.5 Å². The summed E-state index contributed by atoms with van der Waals surface area (Å²) in [6.07, 6.45) is 1.85. The Morgan fingerprint density at radius 3 is 1.35 bits per heavy atom. The first-order valence-corrected chi connectivity index (χ1v) is 36.1. The number of nitrogens with zero attached hydrogens (tertiary/aromatic N) is 8. The first-order chi connectivity index (χ1) is 41.0. The van der Waals surface area contributed by atoms with Crippen LogP contribution in [0, 0.1) is 36.5 Å². The molecule has 4 heterocycles. The van der Waals surface area contributed by atoms with Crippen molar-refractivity contribution in [3.8, 4) is 23.6 Å². The number of fused-ring (bicyclic) bond motifs is 4. The predicted octanol–water partition coefficient (Wildman–Crippen LogP) is 16.2. The van der Waals surface area contributed by atoms with Gasteiger partial charge in [0, 0.05) is 77.9 Å². The molecule has 18 nitrogen and oxygen atoms in total. The number of imidazole rings is 2. The quantitative estimate of drug-likeness (QED) is 0.0396. The molecule has 480 valence electrons. The number of carbonyl (C=O) groups is 2. The lowest BCUT2D eigenvalue weighted by atomic mass is 9.89. The monoisotopic (exact) mass is 1270 g/mol. The van der Waals surface area contributed by atoms with Crippen molar-refractivity contribution in [2.24, 2.45) is 0 Å². The molecule has 0 saturated carbocycles. The van der Waals surface area contributed by atoms with Crippen LogP contribution in [0.3, 0.4) is 0 Å². The molecule has 8 aromatic rings. The highest BCUT2D eigenvalue weighted by Crippen LogP contribution is 2.47. The van der Waals surface area contributed by atoms with Gasteiger partial charge in [0.25, 0.3) is 0 Å². The lowest BCUT2D eigenvalue weighted by Gasteiger charge is -2.31. The van der Waals surface area contributed by atoms with Crippen molar-refractivity contribution in [1.82, 2.24) is 28.2 Å². The molecule has 89 heavy (non-hydrogen) atoms. The fraction of sp³-hybridized carbons (Fsp3) is 0.477. The largest absolute Gasteiger partial charge is 0.443 e. The smallest absolute Gasteiger partial charge is 0.419 e. The lowest BCUT2D eigenvalue weighted by Crippen LogP contribution is -2.32. The zero-order valence-corrected chi connectivity index (χ0v) is 55.5. The summed E-state index contributed by atoms with van der Waals surface area (Å²) in [5, 5.41) is 20.0. The fourth-order valence-electron chi connectivity index (χ4n) is 10.4. The average Bonchev–Trinajstić information content (AvgIpc) is 1.70. The van der Waals surface area contributed by atoms with E-state index in [1.807, 2.05) is 4.57 Å². The van der Waals surface area contributed by atoms with Gasteiger partial charge < -0.3 is 47.0 Å². The Kier molecular flexibility index (Phi) is 21.6. The number of benzene rings is 4. The third-order valence-corrected chi connectivity index (χ3v) is 18.1. The van der Waals surface area contributed by atoms with Crippen LogP contribution >= 0.6 is 0 Å². The maximum absolute atomic E-state index is 13.9. The van der Waals surface area contributed by atoms with Crippen LogP contribution in [0.2, 0.25) is 51.4 Å². The van der Waals surface area contributed by atoms with Crippen molar-refractivity contribution in [2.45, 2.75) is 177 Å². The topological polar surface area (TPSA) is 201 Å². The minimum atomic E-state index is -3.12. The van der Waals surface area contributed by atoms with Crippen LogP contribution in [0.1, 0.15) is 108 Å². The minimum absolute atomic E-state index is 0. The van der Waals surface area contributed by atoms with Crippen molar-refractivity contribution < 1.29 is 65.0 Å². The van der Waals surface area contributed by atoms with Crippen molar-refractivity contribution in [2.75, 3.05) is 27.4 Å². The molecule has 0 fully saturated rings. The summed E-state index contributed by atoms with van der Waals surface area (Å²) in [4.78, 5) is 36.2. The van der Waals surface area contributed by atoms with E-state index < -0.39 is 64.0 Å². The SMILES string of the molecule is C.COC(C)(c1c(OC(F)F)cc(C)c2c1ccn2C(=O)OC(C)(C)C)c1nc2cc(C#N)ccc2n1COCC[Si](C)(C)C.COC(C)(c1c(OC(F)F)cc(C)c2c1ccn2C(=O)OC(C)(C)C)c1nc2ccc(C#N)cc2n1COCC[Si](C)(C)C. The summed E-state index contributed by atoms with van der Waals surface area (Å²) in [5.41, 5.74) is 1.23. The molecule has 0 bridgehead atoms. The van der Waals surface area contributed by atoms with Gasteiger partial charge >= 0.3 is 25.4 Å². The number of methoxy groups -OCH3 is 2. The maximum atomic E-state index is 13.9. The third kappa shape index (κ3) is 15.9. The zero-order chi connectivity index (χ0) is 65.2. The van der Waals surface area contributed by atoms with Gasteiger partial charge in [0.1, 0.15) is 47.8 Å². The van der Waals surface area contributed by atoms with E-state index >= 15 is 0 Å². The molecule has 0 amide bonds. The third-order valence-electron chi connectivity index (χ3n) is 14.7. The van der Waals surface area contributed by atoms with Crippen molar-refractivity contribution >= 4 is 72.2 Å². The van der Waals surface area contributed by atoms with E-state index in [0.29, 0.717) is 91.0 Å². The Labute approximate surface area is 520 Å². The van der Waals surface area contributed by atoms with E-state index in [0.717, 1.165) is 12.1 Å². The van der Waals surface area contributed by atoms with Gasteiger partial charge in [-0.2, -0.15) is 28.1 Å². The molecule has 0 aliphatic heterocycles. The summed E-state index contributed by atoms with van der Waals surface area (Å²) >= 11 is 0. The highest BCUT2D eigenvalue weighted by molar-refractivity contribution is 6.76. The van der Waals surface area contributed by atoms with Crippen molar-refractivity contribution in [3.63, 3.8) is 0 Å². The zero-order valence-electron chi connectivity index (χ0n) is 53.5. The number of alkyl halides is 4. The number of halogens is 4. The normalized spacial score (nSPS) is 13.6. The van der Waals surface area contributed by atoms with Crippen LogP contribution in [0.25, 0.3) is 43.9 Å². The van der Waals surface area contributed by atoms with Crippen molar-refractivity contribution in [1.29, 1.82) is 10.5 Å². The van der Waals surface area contributed by atoms with E-state index in [2.05, 4.69) is 51.4 Å². The summed E-state index contributed by atoms with van der Waals surface area (Å²) in [6, 6.07) is 22.6. The van der Waals surface area contributed by atoms with Gasteiger partial charge in [0.2, 0.25) is 0 Å². The fourth-order valence-corrected chi connectivity index (χ4v) is 11.9. The summed E-state index contributed by atoms with van der Waals surface area (Å²) in [5.74, 6) is 0.472. The van der Waals surface area contributed by atoms with Gasteiger partial charge in [-0.3, -0.25) is 9.13 Å². The second-order valence-corrected chi connectivity index (χ2v) is 37.5. The van der Waals surface area contributed by atoms with E-state index in [1.54, 1.807) is 135 Å². The highest BCUT2D eigenvalue weighted by atomic mass is 28.3. The molecule has 0 spiro atoms. The molecule has 0 aliphatic rings. The van der Waals surface area contributed by atoms with Gasteiger partial charge in [0.15, 0.2) is 11.2 Å². The number of hydrogen-bond acceptors (Lipinski definition) is 14. The van der Waals surface area contributed by atoms with Crippen molar-refractivity contribution in [3.05, 3.63) is 118 Å². The number of carbonyl (C=O) groups excluding carboxylic acids is 2. The highest BCUT2D eigenvalue weighted by Gasteiger charge is 2.43. The van der Waals surface area contributed by atoms with Gasteiger partial charge in [-0.15, -0.1) is 0 Å². The Morgan fingerprint density at radius 2 is 0.966 bits per heavy atom. The van der Waals surface area contributed by atoms with Gasteiger partial charge in [-0.1, -0.05) is 46.7 Å². The molecule has 2 atom stereocenters. The lowest BCUT2D eigenvalue weighted by molar-refractivity contribution is -0.0551. The number of nitriles is 2.